The molecule has 0 aliphatic heterocycles. The number of pyridine rings is 1. The van der Waals surface area contributed by atoms with E-state index in [1.807, 2.05) is 20.8 Å². The third-order valence-electron chi connectivity index (χ3n) is 2.78. The molecule has 0 aromatic carbocycles. The predicted molar refractivity (Wildman–Crippen MR) is 71.9 cm³/mol. The average Bonchev–Trinajstić information content (AvgIpc) is 2.28. The molecule has 0 bridgehead atoms. The van der Waals surface area contributed by atoms with E-state index < -0.39 is 5.97 Å². The smallest absolute Gasteiger partial charge is 0.354 e. The molecule has 19 heavy (non-hydrogen) atoms. The average molecular weight is 265 g/mol. The summed E-state index contributed by atoms with van der Waals surface area (Å²) in [5.74, 6) is -1.32. The van der Waals surface area contributed by atoms with Gasteiger partial charge in [-0.2, -0.15) is 0 Å². The molecule has 104 valence electrons. The fourth-order valence-corrected chi connectivity index (χ4v) is 1.31. The van der Waals surface area contributed by atoms with Crippen LogP contribution in [0, 0.1) is 5.41 Å². The summed E-state index contributed by atoms with van der Waals surface area (Å²) < 4.78 is 0. The Bertz CT molecular complexity index is 463. The normalized spacial score (nSPS) is 12.8. The number of anilines is 1. The summed E-state index contributed by atoms with van der Waals surface area (Å²) in [6.45, 7) is 5.90. The lowest BCUT2D eigenvalue weighted by Crippen LogP contribution is -2.38. The standard InChI is InChI=1S/C13H19N3O3/c1-13(2,3)10(14)6-11(17)16-8-4-5-9(12(18)19)15-7-8/h4-5,7,10H,6,14H2,1-3H3,(H,16,17)(H,18,19). The summed E-state index contributed by atoms with van der Waals surface area (Å²) >= 11 is 0. The third kappa shape index (κ3) is 4.67. The fourth-order valence-electron chi connectivity index (χ4n) is 1.31. The van der Waals surface area contributed by atoms with E-state index in [0.717, 1.165) is 0 Å². The van der Waals surface area contributed by atoms with Crippen molar-refractivity contribution in [2.24, 2.45) is 11.1 Å². The second kappa shape index (κ2) is 5.79. The van der Waals surface area contributed by atoms with E-state index >= 15 is 0 Å². The highest BCUT2D eigenvalue weighted by atomic mass is 16.4. The Hall–Kier alpha value is -1.95. The molecular formula is C13H19N3O3. The van der Waals surface area contributed by atoms with Gasteiger partial charge in [-0.25, -0.2) is 9.78 Å². The minimum Gasteiger partial charge on any atom is -0.477 e. The molecule has 1 rings (SSSR count). The van der Waals surface area contributed by atoms with Gasteiger partial charge < -0.3 is 16.2 Å². The zero-order valence-corrected chi connectivity index (χ0v) is 11.3. The number of hydrogen-bond acceptors (Lipinski definition) is 4. The van der Waals surface area contributed by atoms with Crippen LogP contribution in [-0.4, -0.2) is 28.0 Å². The second-order valence-electron chi connectivity index (χ2n) is 5.46. The van der Waals surface area contributed by atoms with E-state index in [0.29, 0.717) is 5.69 Å². The maximum absolute atomic E-state index is 11.8. The van der Waals surface area contributed by atoms with E-state index in [-0.39, 0.29) is 29.5 Å². The van der Waals surface area contributed by atoms with Crippen LogP contribution in [0.1, 0.15) is 37.7 Å². The first-order valence-electron chi connectivity index (χ1n) is 5.95. The molecule has 0 radical (unpaired) electrons. The largest absolute Gasteiger partial charge is 0.477 e. The molecule has 4 N–H and O–H groups in total. The van der Waals surface area contributed by atoms with Gasteiger partial charge in [0.05, 0.1) is 11.9 Å². The van der Waals surface area contributed by atoms with Crippen molar-refractivity contribution >= 4 is 17.6 Å². The zero-order chi connectivity index (χ0) is 14.6. The fraction of sp³-hybridized carbons (Fsp3) is 0.462. The minimum absolute atomic E-state index is 0.0654. The van der Waals surface area contributed by atoms with Crippen molar-refractivity contribution in [3.8, 4) is 0 Å². The number of amides is 1. The summed E-state index contributed by atoms with van der Waals surface area (Å²) in [6.07, 6.45) is 1.51. The van der Waals surface area contributed by atoms with E-state index in [1.54, 1.807) is 0 Å². The summed E-state index contributed by atoms with van der Waals surface area (Å²) in [4.78, 5) is 26.1. The highest BCUT2D eigenvalue weighted by Gasteiger charge is 2.23. The molecule has 1 aromatic rings. The van der Waals surface area contributed by atoms with Crippen LogP contribution < -0.4 is 11.1 Å². The van der Waals surface area contributed by atoms with Crippen LogP contribution in [0.4, 0.5) is 5.69 Å². The molecular weight excluding hydrogens is 246 g/mol. The molecule has 6 heteroatoms. The Morgan fingerprint density at radius 1 is 1.42 bits per heavy atom. The summed E-state index contributed by atoms with van der Waals surface area (Å²) in [5, 5.41) is 11.3. The van der Waals surface area contributed by atoms with Crippen LogP contribution in [0.3, 0.4) is 0 Å². The minimum atomic E-state index is -1.10. The number of aromatic carboxylic acids is 1. The number of nitrogens with one attached hydrogen (secondary N) is 1. The Balaban J connectivity index is 2.60. The van der Waals surface area contributed by atoms with Crippen molar-refractivity contribution in [1.29, 1.82) is 0 Å². The van der Waals surface area contributed by atoms with Crippen molar-refractivity contribution < 1.29 is 14.7 Å². The van der Waals surface area contributed by atoms with Gasteiger partial charge in [-0.1, -0.05) is 20.8 Å². The molecule has 0 saturated carbocycles. The van der Waals surface area contributed by atoms with Gasteiger partial charge in [0.2, 0.25) is 5.91 Å². The van der Waals surface area contributed by atoms with Gasteiger partial charge in [0.15, 0.2) is 0 Å². The van der Waals surface area contributed by atoms with Crippen LogP contribution in [0.15, 0.2) is 18.3 Å². The maximum Gasteiger partial charge on any atom is 0.354 e. The number of nitrogens with zero attached hydrogens (tertiary/aromatic N) is 1. The molecule has 1 heterocycles. The number of nitrogens with two attached hydrogens (primary N) is 1. The van der Waals surface area contributed by atoms with Crippen LogP contribution in [0.5, 0.6) is 0 Å². The molecule has 0 aliphatic carbocycles. The number of carbonyl (C=O) groups is 2. The Labute approximate surface area is 112 Å². The second-order valence-corrected chi connectivity index (χ2v) is 5.46. The van der Waals surface area contributed by atoms with Crippen molar-refractivity contribution in [2.75, 3.05) is 5.32 Å². The van der Waals surface area contributed by atoms with E-state index in [9.17, 15) is 9.59 Å². The van der Waals surface area contributed by atoms with Gasteiger partial charge in [-0.15, -0.1) is 0 Å². The van der Waals surface area contributed by atoms with Crippen molar-refractivity contribution in [3.63, 3.8) is 0 Å². The van der Waals surface area contributed by atoms with Gasteiger partial charge in [-0.3, -0.25) is 4.79 Å². The highest BCUT2D eigenvalue weighted by Crippen LogP contribution is 2.20. The summed E-state index contributed by atoms with van der Waals surface area (Å²) in [7, 11) is 0. The number of carboxylic acid groups (broad SMARTS) is 1. The molecule has 1 atom stereocenters. The highest BCUT2D eigenvalue weighted by molar-refractivity contribution is 5.91. The van der Waals surface area contributed by atoms with Gasteiger partial charge >= 0.3 is 5.97 Å². The lowest BCUT2D eigenvalue weighted by molar-refractivity contribution is -0.117. The van der Waals surface area contributed by atoms with Gasteiger partial charge in [0.1, 0.15) is 5.69 Å². The SMILES string of the molecule is CC(C)(C)C(N)CC(=O)Nc1ccc(C(=O)O)nc1. The number of carboxylic acids is 1. The van der Waals surface area contributed by atoms with Crippen LogP contribution in [0.2, 0.25) is 0 Å². The maximum atomic E-state index is 11.8. The van der Waals surface area contributed by atoms with E-state index in [4.69, 9.17) is 10.8 Å². The Kier molecular flexibility index (Phi) is 4.61. The third-order valence-corrected chi connectivity index (χ3v) is 2.78. The molecule has 0 spiro atoms. The number of carbonyl (C=O) groups excluding carboxylic acids is 1. The van der Waals surface area contributed by atoms with Gasteiger partial charge in [-0.05, 0) is 17.5 Å². The molecule has 0 aliphatic rings. The molecule has 1 amide bonds. The Morgan fingerprint density at radius 3 is 2.47 bits per heavy atom. The first-order valence-corrected chi connectivity index (χ1v) is 5.95. The lowest BCUT2D eigenvalue weighted by Gasteiger charge is -2.26. The van der Waals surface area contributed by atoms with Crippen LogP contribution in [0.25, 0.3) is 0 Å². The van der Waals surface area contributed by atoms with Crippen LogP contribution >= 0.6 is 0 Å². The van der Waals surface area contributed by atoms with E-state index in [1.165, 1.54) is 18.3 Å². The number of hydrogen-bond donors (Lipinski definition) is 3. The molecule has 0 fully saturated rings. The predicted octanol–water partition coefficient (Wildman–Crippen LogP) is 1.48. The van der Waals surface area contributed by atoms with Gasteiger partial charge in [0.25, 0.3) is 0 Å². The van der Waals surface area contributed by atoms with Gasteiger partial charge in [0, 0.05) is 12.5 Å². The molecule has 0 saturated heterocycles. The molecule has 1 unspecified atom stereocenters. The van der Waals surface area contributed by atoms with Crippen LogP contribution in [-0.2, 0) is 4.79 Å². The monoisotopic (exact) mass is 265 g/mol. The van der Waals surface area contributed by atoms with Crippen molar-refractivity contribution in [3.05, 3.63) is 24.0 Å². The summed E-state index contributed by atoms with van der Waals surface area (Å²) in [5.41, 5.74) is 6.15. The first kappa shape index (κ1) is 15.1. The van der Waals surface area contributed by atoms with Crippen molar-refractivity contribution in [1.82, 2.24) is 4.98 Å². The quantitative estimate of drug-likeness (QED) is 0.764. The summed E-state index contributed by atoms with van der Waals surface area (Å²) in [6, 6.07) is 2.58. The molecule has 6 nitrogen and oxygen atoms in total. The molecule has 1 aromatic heterocycles. The zero-order valence-electron chi connectivity index (χ0n) is 11.3. The topological polar surface area (TPSA) is 105 Å². The van der Waals surface area contributed by atoms with E-state index in [2.05, 4.69) is 10.3 Å². The number of rotatable bonds is 4. The van der Waals surface area contributed by atoms with Crippen molar-refractivity contribution in [2.45, 2.75) is 33.2 Å². The first-order chi connectivity index (χ1) is 8.70. The Morgan fingerprint density at radius 2 is 2.05 bits per heavy atom. The lowest BCUT2D eigenvalue weighted by atomic mass is 9.85. The number of aromatic nitrogens is 1.